The van der Waals surface area contributed by atoms with E-state index in [-0.39, 0.29) is 0 Å². The fraction of sp³-hybridized carbons (Fsp3) is 0.909. The quantitative estimate of drug-likeness (QED) is 0.499. The fourth-order valence-corrected chi connectivity index (χ4v) is 2.15. The molecule has 0 aromatic heterocycles. The third-order valence-electron chi connectivity index (χ3n) is 3.25. The van der Waals surface area contributed by atoms with Crippen molar-refractivity contribution in [2.75, 3.05) is 13.1 Å². The number of carbonyl (C=O) groups is 1. The molecule has 0 saturated carbocycles. The van der Waals surface area contributed by atoms with Crippen molar-refractivity contribution in [1.82, 2.24) is 10.6 Å². The molecule has 0 bridgehead atoms. The average molecular weight is 198 g/mol. The second-order valence-corrected chi connectivity index (χ2v) is 4.81. The van der Waals surface area contributed by atoms with E-state index in [1.54, 1.807) is 0 Å². The zero-order chi connectivity index (χ0) is 10.4. The maximum atomic E-state index is 10.0. The van der Waals surface area contributed by atoms with E-state index in [1.165, 1.54) is 19.3 Å². The summed E-state index contributed by atoms with van der Waals surface area (Å²) in [5.41, 5.74) is 0.456. The second kappa shape index (κ2) is 5.35. The lowest BCUT2D eigenvalue weighted by Crippen LogP contribution is -2.32. The minimum Gasteiger partial charge on any atom is -0.359 e. The van der Waals surface area contributed by atoms with E-state index in [4.69, 9.17) is 0 Å². The van der Waals surface area contributed by atoms with E-state index < -0.39 is 0 Å². The number of hydrogen-bond acceptors (Lipinski definition) is 2. The summed E-state index contributed by atoms with van der Waals surface area (Å²) < 4.78 is 0. The van der Waals surface area contributed by atoms with Gasteiger partial charge in [0.2, 0.25) is 6.41 Å². The van der Waals surface area contributed by atoms with Crippen molar-refractivity contribution in [1.29, 1.82) is 0 Å². The maximum absolute atomic E-state index is 10.0. The predicted octanol–water partition coefficient (Wildman–Crippen LogP) is 1.29. The van der Waals surface area contributed by atoms with Crippen LogP contribution in [0.1, 0.15) is 39.5 Å². The molecule has 0 spiro atoms. The molecule has 1 heterocycles. The van der Waals surface area contributed by atoms with Crippen LogP contribution >= 0.6 is 0 Å². The molecule has 1 aliphatic heterocycles. The molecule has 1 saturated heterocycles. The first-order valence-electron chi connectivity index (χ1n) is 5.57. The van der Waals surface area contributed by atoms with Gasteiger partial charge in [-0.2, -0.15) is 0 Å². The molecule has 1 amide bonds. The van der Waals surface area contributed by atoms with Crippen LogP contribution in [0.2, 0.25) is 0 Å². The smallest absolute Gasteiger partial charge is 0.207 e. The summed E-state index contributed by atoms with van der Waals surface area (Å²) in [6.07, 6.45) is 5.57. The summed E-state index contributed by atoms with van der Waals surface area (Å²) in [4.78, 5) is 10.0. The minimum atomic E-state index is 0.456. The molecule has 3 heteroatoms. The van der Waals surface area contributed by atoms with Crippen LogP contribution in [0.15, 0.2) is 0 Å². The third-order valence-corrected chi connectivity index (χ3v) is 3.25. The minimum absolute atomic E-state index is 0.456. The third kappa shape index (κ3) is 3.29. The van der Waals surface area contributed by atoms with Gasteiger partial charge >= 0.3 is 0 Å². The lowest BCUT2D eigenvalue weighted by molar-refractivity contribution is -0.109. The Balaban J connectivity index is 2.09. The summed E-state index contributed by atoms with van der Waals surface area (Å²) in [5.74, 6) is 0. The van der Waals surface area contributed by atoms with Crippen molar-refractivity contribution >= 4 is 6.41 Å². The summed E-state index contributed by atoms with van der Waals surface area (Å²) in [6, 6.07) is 0.665. The van der Waals surface area contributed by atoms with Gasteiger partial charge in [0.25, 0.3) is 0 Å². The van der Waals surface area contributed by atoms with Gasteiger partial charge in [0.15, 0.2) is 0 Å². The first-order chi connectivity index (χ1) is 6.67. The van der Waals surface area contributed by atoms with E-state index >= 15 is 0 Å². The van der Waals surface area contributed by atoms with E-state index in [0.29, 0.717) is 11.5 Å². The maximum Gasteiger partial charge on any atom is 0.207 e. The Labute approximate surface area is 86.6 Å². The molecule has 82 valence electrons. The van der Waals surface area contributed by atoms with Crippen LogP contribution in [0.4, 0.5) is 0 Å². The molecule has 14 heavy (non-hydrogen) atoms. The lowest BCUT2D eigenvalue weighted by atomic mass is 9.82. The number of nitrogens with one attached hydrogen (secondary N) is 2. The number of unbranched alkanes of at least 4 members (excludes halogenated alkanes) is 1. The van der Waals surface area contributed by atoms with Crippen LogP contribution in [0.25, 0.3) is 0 Å². The Kier molecular flexibility index (Phi) is 4.39. The molecule has 0 aliphatic carbocycles. The fourth-order valence-electron chi connectivity index (χ4n) is 2.15. The zero-order valence-corrected chi connectivity index (χ0v) is 9.31. The highest BCUT2D eigenvalue weighted by Gasteiger charge is 2.33. The lowest BCUT2D eigenvalue weighted by Gasteiger charge is -2.26. The summed E-state index contributed by atoms with van der Waals surface area (Å²) in [7, 11) is 0. The molecule has 1 unspecified atom stereocenters. The Morgan fingerprint density at radius 3 is 2.86 bits per heavy atom. The van der Waals surface area contributed by atoms with Gasteiger partial charge in [0.05, 0.1) is 0 Å². The zero-order valence-electron chi connectivity index (χ0n) is 9.31. The molecule has 1 aliphatic rings. The SMILES string of the molecule is CC1(C)CCNC1CCCCNC=O. The van der Waals surface area contributed by atoms with Gasteiger partial charge in [-0.1, -0.05) is 20.3 Å². The van der Waals surface area contributed by atoms with E-state index in [0.717, 1.165) is 25.9 Å². The second-order valence-electron chi connectivity index (χ2n) is 4.81. The molecule has 0 aromatic carbocycles. The van der Waals surface area contributed by atoms with Crippen LogP contribution in [0, 0.1) is 5.41 Å². The number of hydrogen-bond donors (Lipinski definition) is 2. The van der Waals surface area contributed by atoms with Crippen molar-refractivity contribution in [2.24, 2.45) is 5.41 Å². The summed E-state index contributed by atoms with van der Waals surface area (Å²) >= 11 is 0. The number of carbonyl (C=O) groups excluding carboxylic acids is 1. The van der Waals surface area contributed by atoms with Gasteiger partial charge in [-0.3, -0.25) is 4.79 Å². The van der Waals surface area contributed by atoms with Crippen molar-refractivity contribution in [3.63, 3.8) is 0 Å². The van der Waals surface area contributed by atoms with Gasteiger partial charge in [-0.25, -0.2) is 0 Å². The molecule has 0 radical (unpaired) electrons. The Bertz CT molecular complexity index is 180. The van der Waals surface area contributed by atoms with Crippen molar-refractivity contribution in [3.8, 4) is 0 Å². The topological polar surface area (TPSA) is 41.1 Å². The van der Waals surface area contributed by atoms with Crippen molar-refractivity contribution in [3.05, 3.63) is 0 Å². The molecule has 3 nitrogen and oxygen atoms in total. The van der Waals surface area contributed by atoms with Crippen molar-refractivity contribution in [2.45, 2.75) is 45.6 Å². The monoisotopic (exact) mass is 198 g/mol. The van der Waals surface area contributed by atoms with Crippen LogP contribution in [-0.4, -0.2) is 25.5 Å². The van der Waals surface area contributed by atoms with Gasteiger partial charge < -0.3 is 10.6 Å². The molecule has 1 fully saturated rings. The standard InChI is InChI=1S/C11H22N2O/c1-11(2)6-8-13-10(11)5-3-4-7-12-9-14/h9-10,13H,3-8H2,1-2H3,(H,12,14). The average Bonchev–Trinajstić information content (AvgIpc) is 2.45. The van der Waals surface area contributed by atoms with Gasteiger partial charge in [-0.15, -0.1) is 0 Å². The highest BCUT2D eigenvalue weighted by Crippen LogP contribution is 2.32. The van der Waals surface area contributed by atoms with Crippen LogP contribution < -0.4 is 10.6 Å². The van der Waals surface area contributed by atoms with Gasteiger partial charge in [0.1, 0.15) is 0 Å². The van der Waals surface area contributed by atoms with Gasteiger partial charge in [0, 0.05) is 12.6 Å². The van der Waals surface area contributed by atoms with E-state index in [9.17, 15) is 4.79 Å². The number of amides is 1. The number of rotatable bonds is 6. The Morgan fingerprint density at radius 2 is 2.29 bits per heavy atom. The normalized spacial score (nSPS) is 24.9. The van der Waals surface area contributed by atoms with Crippen LogP contribution in [-0.2, 0) is 4.79 Å². The molecular formula is C11H22N2O. The predicted molar refractivity (Wildman–Crippen MR) is 58.1 cm³/mol. The summed E-state index contributed by atoms with van der Waals surface area (Å²) in [6.45, 7) is 6.64. The van der Waals surface area contributed by atoms with Crippen LogP contribution in [0.5, 0.6) is 0 Å². The largest absolute Gasteiger partial charge is 0.359 e. The highest BCUT2D eigenvalue weighted by atomic mass is 16.1. The Morgan fingerprint density at radius 1 is 1.50 bits per heavy atom. The van der Waals surface area contributed by atoms with E-state index in [1.807, 2.05) is 0 Å². The Hall–Kier alpha value is -0.570. The first kappa shape index (κ1) is 11.5. The molecule has 1 atom stereocenters. The van der Waals surface area contributed by atoms with Crippen LogP contribution in [0.3, 0.4) is 0 Å². The first-order valence-corrected chi connectivity index (χ1v) is 5.57. The van der Waals surface area contributed by atoms with Crippen molar-refractivity contribution < 1.29 is 4.79 Å². The highest BCUT2D eigenvalue weighted by molar-refractivity contribution is 5.45. The summed E-state index contributed by atoms with van der Waals surface area (Å²) in [5, 5.41) is 6.24. The molecule has 2 N–H and O–H groups in total. The molecular weight excluding hydrogens is 176 g/mol. The van der Waals surface area contributed by atoms with Gasteiger partial charge in [-0.05, 0) is 31.2 Å². The molecule has 0 aromatic rings. The molecule has 1 rings (SSSR count). The van der Waals surface area contributed by atoms with E-state index in [2.05, 4.69) is 24.5 Å².